The van der Waals surface area contributed by atoms with Gasteiger partial charge in [0.2, 0.25) is 5.88 Å². The molecule has 188 valence electrons. The summed E-state index contributed by atoms with van der Waals surface area (Å²) >= 11 is 0. The fourth-order valence-corrected chi connectivity index (χ4v) is 5.03. The van der Waals surface area contributed by atoms with Gasteiger partial charge in [0.1, 0.15) is 35.5 Å². The molecule has 0 unspecified atom stereocenters. The van der Waals surface area contributed by atoms with Crippen LogP contribution in [0.15, 0.2) is 35.3 Å². The second-order valence-electron chi connectivity index (χ2n) is 9.04. The van der Waals surface area contributed by atoms with E-state index < -0.39 is 36.1 Å². The molecule has 0 saturated carbocycles. The van der Waals surface area contributed by atoms with Crippen molar-refractivity contribution in [2.24, 2.45) is 4.99 Å². The van der Waals surface area contributed by atoms with Crippen molar-refractivity contribution in [3.63, 3.8) is 0 Å². The molecule has 8 nitrogen and oxygen atoms in total. The Morgan fingerprint density at radius 1 is 1.17 bits per heavy atom. The van der Waals surface area contributed by atoms with E-state index in [1.54, 1.807) is 25.4 Å². The van der Waals surface area contributed by atoms with Gasteiger partial charge in [-0.2, -0.15) is 0 Å². The zero-order chi connectivity index (χ0) is 24.8. The van der Waals surface area contributed by atoms with Crippen LogP contribution in [-0.4, -0.2) is 79.2 Å². The van der Waals surface area contributed by atoms with Crippen molar-refractivity contribution in [2.75, 3.05) is 33.5 Å². The number of aliphatic hydroxyl groups excluding tert-OH is 1. The predicted octanol–water partition coefficient (Wildman–Crippen LogP) is 3.27. The molecular weight excluding hydrogens is 472 g/mol. The summed E-state index contributed by atoms with van der Waals surface area (Å²) < 4.78 is 53.1. The first-order chi connectivity index (χ1) is 17.5. The number of hydrogen-bond acceptors (Lipinski definition) is 7. The number of benzene rings is 1. The number of aromatic nitrogens is 2. The second kappa shape index (κ2) is 9.36. The molecule has 0 radical (unpaired) electrons. The molecule has 2 N–H and O–H groups in total. The number of nitrogens with one attached hydrogen (secondary N) is 1. The number of aliphatic imine (C=N–C) groups is 1. The lowest BCUT2D eigenvalue weighted by Crippen LogP contribution is -2.34. The van der Waals surface area contributed by atoms with E-state index in [9.17, 15) is 5.11 Å². The van der Waals surface area contributed by atoms with E-state index >= 15 is 8.78 Å². The fraction of sp³-hybridized carbons (Fsp3) is 0.385. The lowest BCUT2D eigenvalue weighted by Gasteiger charge is -2.17. The summed E-state index contributed by atoms with van der Waals surface area (Å²) in [7, 11) is 1.61. The Balaban J connectivity index is 1.36. The maximum atomic E-state index is 15.2. The molecule has 3 aromatic rings. The smallest absolute Gasteiger partial charge is 0.203 e. The van der Waals surface area contributed by atoms with Crippen LogP contribution in [0.5, 0.6) is 5.88 Å². The molecule has 3 aliphatic heterocycles. The van der Waals surface area contributed by atoms with Gasteiger partial charge in [0.15, 0.2) is 6.10 Å². The normalized spacial score (nSPS) is 26.1. The Hall–Kier alpha value is -3.18. The minimum atomic E-state index is -0.689. The highest BCUT2D eigenvalue weighted by molar-refractivity contribution is 6.00. The predicted molar refractivity (Wildman–Crippen MR) is 128 cm³/mol. The third-order valence-electron chi connectivity index (χ3n) is 6.78. The molecule has 1 aromatic carbocycles. The van der Waals surface area contributed by atoms with Gasteiger partial charge in [0.25, 0.3) is 0 Å². The van der Waals surface area contributed by atoms with Crippen molar-refractivity contribution in [1.29, 1.82) is 0 Å². The van der Waals surface area contributed by atoms with Crippen molar-refractivity contribution >= 4 is 22.8 Å². The number of hydrogen-bond donors (Lipinski definition) is 2. The summed E-state index contributed by atoms with van der Waals surface area (Å²) in [5.74, 6) is -0.983. The highest BCUT2D eigenvalue weighted by atomic mass is 19.1. The zero-order valence-electron chi connectivity index (χ0n) is 19.5. The van der Waals surface area contributed by atoms with Gasteiger partial charge in [-0.3, -0.25) is 4.99 Å². The number of ether oxygens (including phenoxy) is 4. The van der Waals surface area contributed by atoms with E-state index in [2.05, 4.69) is 15.0 Å². The molecule has 2 fully saturated rings. The number of halogens is 2. The lowest BCUT2D eigenvalue weighted by atomic mass is 9.98. The monoisotopic (exact) mass is 497 g/mol. The third-order valence-corrected chi connectivity index (χ3v) is 6.78. The van der Waals surface area contributed by atoms with Gasteiger partial charge < -0.3 is 29.0 Å². The average molecular weight is 497 g/mol. The Kier molecular flexibility index (Phi) is 6.04. The van der Waals surface area contributed by atoms with Crippen molar-refractivity contribution < 1.29 is 32.8 Å². The van der Waals surface area contributed by atoms with Crippen molar-refractivity contribution in [3.05, 3.63) is 53.1 Å². The van der Waals surface area contributed by atoms with E-state index in [1.165, 1.54) is 12.1 Å². The number of aliphatic hydroxyl groups is 1. The zero-order valence-corrected chi connectivity index (χ0v) is 19.5. The molecule has 0 spiro atoms. The van der Waals surface area contributed by atoms with Crippen LogP contribution >= 0.6 is 0 Å². The van der Waals surface area contributed by atoms with E-state index in [4.69, 9.17) is 18.9 Å². The minimum Gasteiger partial charge on any atom is -0.470 e. The van der Waals surface area contributed by atoms with E-state index in [1.807, 2.05) is 6.08 Å². The highest BCUT2D eigenvalue weighted by Gasteiger charge is 2.48. The lowest BCUT2D eigenvalue weighted by molar-refractivity contribution is 0.00792. The number of pyridine rings is 1. The number of nitrogens with zero attached hydrogens (tertiary/aromatic N) is 2. The van der Waals surface area contributed by atoms with Gasteiger partial charge in [-0.25, -0.2) is 13.8 Å². The molecular formula is C26H25F2N3O5. The van der Waals surface area contributed by atoms with Crippen molar-refractivity contribution in [3.8, 4) is 17.1 Å². The number of rotatable bonds is 5. The average Bonchev–Trinajstić information content (AvgIpc) is 3.55. The maximum absolute atomic E-state index is 15.2. The quantitative estimate of drug-likeness (QED) is 0.525. The van der Waals surface area contributed by atoms with Gasteiger partial charge in [-0.15, -0.1) is 0 Å². The molecule has 6 rings (SSSR count). The molecule has 5 heterocycles. The summed E-state index contributed by atoms with van der Waals surface area (Å²) in [5, 5.41) is 10.00. The van der Waals surface area contributed by atoms with Crippen LogP contribution in [0.2, 0.25) is 0 Å². The van der Waals surface area contributed by atoms with Gasteiger partial charge >= 0.3 is 0 Å². The van der Waals surface area contributed by atoms with Gasteiger partial charge in [-0.05, 0) is 41.8 Å². The Labute approximate surface area is 205 Å². The highest BCUT2D eigenvalue weighted by Crippen LogP contribution is 2.35. The van der Waals surface area contributed by atoms with E-state index in [0.717, 1.165) is 5.57 Å². The van der Waals surface area contributed by atoms with Crippen LogP contribution in [-0.2, 0) is 14.2 Å². The van der Waals surface area contributed by atoms with Crippen LogP contribution in [0.4, 0.5) is 8.78 Å². The Morgan fingerprint density at radius 3 is 2.72 bits per heavy atom. The third kappa shape index (κ3) is 4.00. The topological polar surface area (TPSA) is 98.2 Å². The van der Waals surface area contributed by atoms with Crippen molar-refractivity contribution in [1.82, 2.24) is 9.97 Å². The molecule has 3 aliphatic rings. The summed E-state index contributed by atoms with van der Waals surface area (Å²) in [6, 6.07) is 5.95. The largest absolute Gasteiger partial charge is 0.470 e. The molecule has 0 aliphatic carbocycles. The standard InChI is InChI=1S/C26H25F2N3O5/c1-29-10-15-23-19(31-26(15)36-21-12-35-24-20(32)11-34-25(21)24)3-2-18(30-23)22-16(27)8-14(9-17(22)28)13-4-6-33-7-5-13/h2-4,8-10,20-21,24-25,31-32H,5-7,11-12H2,1H3/t20-,21-,24-,25-/m1/s1. The first-order valence-electron chi connectivity index (χ1n) is 11.8. The van der Waals surface area contributed by atoms with E-state index in [0.29, 0.717) is 47.7 Å². The molecule has 2 saturated heterocycles. The first-order valence-corrected chi connectivity index (χ1v) is 11.8. The van der Waals surface area contributed by atoms with E-state index in [-0.39, 0.29) is 24.5 Å². The molecule has 10 heteroatoms. The first kappa shape index (κ1) is 23.2. The van der Waals surface area contributed by atoms with Crippen LogP contribution in [0, 0.1) is 11.6 Å². The molecule has 0 bridgehead atoms. The summed E-state index contributed by atoms with van der Waals surface area (Å²) in [6.45, 7) is 1.40. The Bertz CT molecular complexity index is 1350. The van der Waals surface area contributed by atoms with Gasteiger partial charge in [-0.1, -0.05) is 6.08 Å². The van der Waals surface area contributed by atoms with Crippen molar-refractivity contribution in [2.45, 2.75) is 30.8 Å². The molecule has 0 amide bonds. The SMILES string of the molecule is CN=Cc1c(O[C@@H]2CO[C@H]3[C@@H]2OC[C@H]3O)[nH]c2ccc(-c3c(F)cc(C4=CCOCC4)cc3F)nc12. The second-order valence-corrected chi connectivity index (χ2v) is 9.04. The van der Waals surface area contributed by atoms with Crippen LogP contribution in [0.3, 0.4) is 0 Å². The van der Waals surface area contributed by atoms with Crippen LogP contribution in [0.25, 0.3) is 27.9 Å². The minimum absolute atomic E-state index is 0.160. The molecule has 36 heavy (non-hydrogen) atoms. The fourth-order valence-electron chi connectivity index (χ4n) is 5.03. The molecule has 2 aromatic heterocycles. The maximum Gasteiger partial charge on any atom is 0.203 e. The number of aromatic amines is 1. The number of fused-ring (bicyclic) bond motifs is 2. The Morgan fingerprint density at radius 2 is 1.97 bits per heavy atom. The summed E-state index contributed by atoms with van der Waals surface area (Å²) in [4.78, 5) is 11.9. The summed E-state index contributed by atoms with van der Waals surface area (Å²) in [5.41, 5.74) is 2.96. The van der Waals surface area contributed by atoms with Crippen LogP contribution < -0.4 is 4.74 Å². The van der Waals surface area contributed by atoms with Gasteiger partial charge in [0.05, 0.1) is 48.8 Å². The molecule has 4 atom stereocenters. The number of H-pyrrole nitrogens is 1. The van der Waals surface area contributed by atoms with Crippen LogP contribution in [0.1, 0.15) is 17.5 Å². The summed E-state index contributed by atoms with van der Waals surface area (Å²) in [6.07, 6.45) is 2.07. The van der Waals surface area contributed by atoms with Gasteiger partial charge in [0, 0.05) is 13.3 Å².